The van der Waals surface area contributed by atoms with Gasteiger partial charge in [0.1, 0.15) is 9.61 Å². The quantitative estimate of drug-likeness (QED) is 0.516. The fraction of sp³-hybridized carbons (Fsp3) is 0.692. The lowest BCUT2D eigenvalue weighted by molar-refractivity contribution is -0.155. The molecule has 3 N–H and O–H groups in total. The number of carbonyl (C=O) groups excluding carboxylic acids is 1. The van der Waals surface area contributed by atoms with Crippen molar-refractivity contribution in [2.75, 3.05) is 13.1 Å². The van der Waals surface area contributed by atoms with Gasteiger partial charge in [0.2, 0.25) is 11.8 Å². The summed E-state index contributed by atoms with van der Waals surface area (Å²) in [6.07, 6.45) is -0.190. The van der Waals surface area contributed by atoms with E-state index in [0.717, 1.165) is 30.2 Å². The van der Waals surface area contributed by atoms with E-state index in [2.05, 4.69) is 5.32 Å². The summed E-state index contributed by atoms with van der Waals surface area (Å²) in [5, 5.41) is 22.0. The number of carboxylic acid groups (broad SMARTS) is 1. The van der Waals surface area contributed by atoms with Crippen LogP contribution in [0.5, 0.6) is 0 Å². The van der Waals surface area contributed by atoms with Crippen molar-refractivity contribution in [1.29, 1.82) is 0 Å². The molecular weight excluding hydrogens is 328 g/mol. The number of hydrogen-bond acceptors (Lipinski definition) is 7. The number of ether oxygens (including phenoxy) is 1. The third-order valence-corrected chi connectivity index (χ3v) is 6.87. The van der Waals surface area contributed by atoms with E-state index in [1.807, 2.05) is 0 Å². The predicted molar refractivity (Wildman–Crippen MR) is 83.0 cm³/mol. The SMILES string of the molecule is CC(O)C1C(=O)N2C(OC(=O)O)=C(SC3CCNCC3)S[C@@H]12. The first-order valence-electron chi connectivity index (χ1n) is 7.19. The number of aliphatic hydroxyl groups is 1. The average Bonchev–Trinajstić information content (AvgIpc) is 2.72. The number of fused-ring (bicyclic) bond motifs is 1. The van der Waals surface area contributed by atoms with Gasteiger partial charge in [-0.15, -0.1) is 11.8 Å². The number of hydrogen-bond donors (Lipinski definition) is 3. The Labute approximate surface area is 136 Å². The molecule has 2 fully saturated rings. The second kappa shape index (κ2) is 6.31. The first-order valence-corrected chi connectivity index (χ1v) is 8.95. The van der Waals surface area contributed by atoms with Crippen molar-refractivity contribution in [3.63, 3.8) is 0 Å². The Hall–Kier alpha value is -0.900. The first kappa shape index (κ1) is 16.0. The molecule has 0 aromatic heterocycles. The Balaban J connectivity index is 1.77. The topological polar surface area (TPSA) is 99.1 Å². The third-order valence-electron chi connectivity index (χ3n) is 3.97. The molecule has 3 atom stereocenters. The van der Waals surface area contributed by atoms with Crippen LogP contribution in [0.4, 0.5) is 4.79 Å². The van der Waals surface area contributed by atoms with Crippen LogP contribution in [0.15, 0.2) is 10.1 Å². The summed E-state index contributed by atoms with van der Waals surface area (Å²) in [4.78, 5) is 24.4. The van der Waals surface area contributed by atoms with Gasteiger partial charge in [-0.3, -0.25) is 9.69 Å². The number of nitrogens with zero attached hydrogens (tertiary/aromatic N) is 1. The van der Waals surface area contributed by atoms with Crippen LogP contribution in [-0.4, -0.2) is 57.0 Å². The molecule has 0 aromatic carbocycles. The fourth-order valence-electron chi connectivity index (χ4n) is 2.85. The van der Waals surface area contributed by atoms with Crippen molar-refractivity contribution in [1.82, 2.24) is 10.2 Å². The zero-order valence-corrected chi connectivity index (χ0v) is 13.7. The molecule has 7 nitrogen and oxygen atoms in total. The van der Waals surface area contributed by atoms with Crippen LogP contribution in [0.3, 0.4) is 0 Å². The Morgan fingerprint density at radius 1 is 1.50 bits per heavy atom. The van der Waals surface area contributed by atoms with Gasteiger partial charge >= 0.3 is 6.16 Å². The highest BCUT2D eigenvalue weighted by atomic mass is 32.2. The average molecular weight is 346 g/mol. The second-order valence-corrected chi connectivity index (χ2v) is 8.21. The molecule has 0 aliphatic carbocycles. The van der Waals surface area contributed by atoms with Gasteiger partial charge in [-0.25, -0.2) is 4.79 Å². The molecule has 0 aromatic rings. The number of carbonyl (C=O) groups is 2. The van der Waals surface area contributed by atoms with Crippen LogP contribution >= 0.6 is 23.5 Å². The van der Waals surface area contributed by atoms with Crippen LogP contribution in [0.1, 0.15) is 19.8 Å². The number of amides is 1. The highest BCUT2D eigenvalue weighted by molar-refractivity contribution is 8.23. The van der Waals surface area contributed by atoms with Gasteiger partial charge in [0.15, 0.2) is 0 Å². The van der Waals surface area contributed by atoms with Gasteiger partial charge in [-0.1, -0.05) is 11.8 Å². The number of nitrogens with one attached hydrogen (secondary N) is 1. The van der Waals surface area contributed by atoms with Crippen LogP contribution in [-0.2, 0) is 9.53 Å². The highest BCUT2D eigenvalue weighted by Gasteiger charge is 2.57. The van der Waals surface area contributed by atoms with Gasteiger partial charge < -0.3 is 20.3 Å². The summed E-state index contributed by atoms with van der Waals surface area (Å²) in [5.41, 5.74) is 0. The molecule has 9 heteroatoms. The van der Waals surface area contributed by atoms with Crippen LogP contribution in [0, 0.1) is 5.92 Å². The molecule has 0 saturated carbocycles. The second-order valence-electron chi connectivity index (χ2n) is 5.51. The molecule has 1 amide bonds. The molecule has 3 aliphatic heterocycles. The summed E-state index contributed by atoms with van der Waals surface area (Å²) in [6.45, 7) is 3.45. The van der Waals surface area contributed by atoms with Gasteiger partial charge in [0.25, 0.3) is 0 Å². The van der Waals surface area contributed by atoms with Crippen molar-refractivity contribution in [2.24, 2.45) is 5.92 Å². The van der Waals surface area contributed by atoms with E-state index in [-0.39, 0.29) is 17.2 Å². The Bertz CT molecular complexity index is 519. The largest absolute Gasteiger partial charge is 0.512 e. The van der Waals surface area contributed by atoms with Gasteiger partial charge in [0.05, 0.1) is 12.0 Å². The molecular formula is C13H18N2O5S2. The normalized spacial score (nSPS) is 30.1. The smallest absolute Gasteiger partial charge is 0.449 e. The fourth-order valence-corrected chi connectivity index (χ4v) is 6.04. The summed E-state index contributed by atoms with van der Waals surface area (Å²) in [5.74, 6) is -0.652. The lowest BCUT2D eigenvalue weighted by atomic mass is 9.93. The van der Waals surface area contributed by atoms with Gasteiger partial charge in [-0.05, 0) is 32.9 Å². The molecule has 0 radical (unpaired) electrons. The molecule has 3 heterocycles. The summed E-state index contributed by atoms with van der Waals surface area (Å²) in [7, 11) is 0. The number of thioether (sulfide) groups is 2. The van der Waals surface area contributed by atoms with Crippen molar-refractivity contribution < 1.29 is 24.5 Å². The molecule has 122 valence electrons. The molecule has 3 aliphatic rings. The summed E-state index contributed by atoms with van der Waals surface area (Å²) in [6, 6.07) is 0. The van der Waals surface area contributed by atoms with E-state index < -0.39 is 18.2 Å². The van der Waals surface area contributed by atoms with E-state index >= 15 is 0 Å². The van der Waals surface area contributed by atoms with E-state index in [1.54, 1.807) is 18.7 Å². The van der Waals surface area contributed by atoms with Crippen molar-refractivity contribution >= 4 is 35.6 Å². The molecule has 0 spiro atoms. The number of β-lactam (4-membered cyclic amide) rings is 1. The van der Waals surface area contributed by atoms with Crippen molar-refractivity contribution in [3.05, 3.63) is 10.1 Å². The molecule has 0 bridgehead atoms. The number of aliphatic hydroxyl groups excluding tert-OH is 1. The number of rotatable bonds is 4. The minimum atomic E-state index is -1.42. The van der Waals surface area contributed by atoms with Gasteiger partial charge in [0, 0.05) is 5.25 Å². The summed E-state index contributed by atoms with van der Waals surface area (Å²) < 4.78 is 5.59. The lowest BCUT2D eigenvalue weighted by Crippen LogP contribution is -2.60. The van der Waals surface area contributed by atoms with E-state index in [9.17, 15) is 14.7 Å². The molecule has 2 saturated heterocycles. The maximum absolute atomic E-state index is 12.1. The Morgan fingerprint density at radius 2 is 2.18 bits per heavy atom. The molecule has 22 heavy (non-hydrogen) atoms. The highest BCUT2D eigenvalue weighted by Crippen LogP contribution is 2.55. The summed E-state index contributed by atoms with van der Waals surface area (Å²) >= 11 is 3.00. The minimum Gasteiger partial charge on any atom is -0.449 e. The maximum Gasteiger partial charge on any atom is 0.512 e. The van der Waals surface area contributed by atoms with Crippen molar-refractivity contribution in [2.45, 2.75) is 36.5 Å². The predicted octanol–water partition coefficient (Wildman–Crippen LogP) is 1.20. The van der Waals surface area contributed by atoms with Gasteiger partial charge in [-0.2, -0.15) is 0 Å². The third kappa shape index (κ3) is 2.82. The molecule has 2 unspecified atom stereocenters. The van der Waals surface area contributed by atoms with Crippen molar-refractivity contribution in [3.8, 4) is 0 Å². The van der Waals surface area contributed by atoms with Crippen LogP contribution in [0.2, 0.25) is 0 Å². The van der Waals surface area contributed by atoms with E-state index in [4.69, 9.17) is 9.84 Å². The van der Waals surface area contributed by atoms with Crippen LogP contribution in [0.25, 0.3) is 0 Å². The zero-order chi connectivity index (χ0) is 15.9. The van der Waals surface area contributed by atoms with Crippen LogP contribution < -0.4 is 5.32 Å². The minimum absolute atomic E-state index is 0.118. The molecule has 3 rings (SSSR count). The first-order chi connectivity index (χ1) is 10.5. The maximum atomic E-state index is 12.1. The monoisotopic (exact) mass is 346 g/mol. The van der Waals surface area contributed by atoms with E-state index in [0.29, 0.717) is 5.25 Å². The standard InChI is InChI=1S/C13H18N2O5S2/c1-6(16)8-9(17)15-10(20-13(18)19)12(22-11(8)15)21-7-2-4-14-5-3-7/h6-8,11,14,16H,2-5H2,1H3,(H,18,19)/t6?,8?,11-/m0/s1. The zero-order valence-electron chi connectivity index (χ0n) is 12.0. The van der Waals surface area contributed by atoms with E-state index in [1.165, 1.54) is 16.7 Å². The lowest BCUT2D eigenvalue weighted by Gasteiger charge is -2.43. The Morgan fingerprint density at radius 3 is 2.77 bits per heavy atom. The Kier molecular flexibility index (Phi) is 4.58. The number of piperidine rings is 1.